The minimum atomic E-state index is -0.408. The van der Waals surface area contributed by atoms with Gasteiger partial charge >= 0.3 is 5.97 Å². The molecule has 1 atom stereocenters. The molecule has 0 aromatic rings. The predicted molar refractivity (Wildman–Crippen MR) is 62.8 cm³/mol. The average Bonchev–Trinajstić information content (AvgIpc) is 2.07. The van der Waals surface area contributed by atoms with Gasteiger partial charge in [-0.1, -0.05) is 0 Å². The molecular formula is C11H24N2O3. The third kappa shape index (κ3) is 11.4. The summed E-state index contributed by atoms with van der Waals surface area (Å²) < 4.78 is 5.16. The lowest BCUT2D eigenvalue weighted by molar-refractivity contribution is -0.154. The van der Waals surface area contributed by atoms with Crippen molar-refractivity contribution in [2.45, 2.75) is 52.2 Å². The van der Waals surface area contributed by atoms with Gasteiger partial charge in [0.05, 0.1) is 6.10 Å². The summed E-state index contributed by atoms with van der Waals surface area (Å²) in [6.45, 7) is 8.43. The lowest BCUT2D eigenvalue weighted by atomic mass is 10.2. The molecule has 0 radical (unpaired) electrons. The van der Waals surface area contributed by atoms with Gasteiger partial charge in [-0.15, -0.1) is 0 Å². The van der Waals surface area contributed by atoms with Gasteiger partial charge in [0.2, 0.25) is 0 Å². The number of aliphatic hydroxyl groups excluding tert-OH is 1. The molecule has 0 aliphatic rings. The van der Waals surface area contributed by atoms with E-state index in [0.717, 1.165) is 0 Å². The molecule has 0 aliphatic heterocycles. The molecule has 3 N–H and O–H groups in total. The Morgan fingerprint density at radius 3 is 2.50 bits per heavy atom. The van der Waals surface area contributed by atoms with Crippen LogP contribution in [0.1, 0.15) is 40.5 Å². The predicted octanol–water partition coefficient (Wildman–Crippen LogP) is 0.583. The van der Waals surface area contributed by atoms with Gasteiger partial charge in [0, 0.05) is 19.5 Å². The van der Waals surface area contributed by atoms with Crippen molar-refractivity contribution in [3.8, 4) is 0 Å². The fourth-order valence-electron chi connectivity index (χ4n) is 1.02. The van der Waals surface area contributed by atoms with Gasteiger partial charge in [-0.2, -0.15) is 0 Å². The lowest BCUT2D eigenvalue weighted by Gasteiger charge is -2.19. The summed E-state index contributed by atoms with van der Waals surface area (Å²) in [6.07, 6.45) is 0.737. The highest BCUT2D eigenvalue weighted by Gasteiger charge is 2.15. The summed E-state index contributed by atoms with van der Waals surface area (Å²) in [5.74, 6) is -0.176. The molecule has 0 fully saturated rings. The van der Waals surface area contributed by atoms with Crippen molar-refractivity contribution >= 4 is 5.97 Å². The van der Waals surface area contributed by atoms with E-state index in [0.29, 0.717) is 25.9 Å². The van der Waals surface area contributed by atoms with Crippen LogP contribution in [0.4, 0.5) is 0 Å². The normalized spacial score (nSPS) is 13.6. The number of carbonyl (C=O) groups excluding carboxylic acids is 1. The largest absolute Gasteiger partial charge is 0.460 e. The summed E-state index contributed by atoms with van der Waals surface area (Å²) in [4.78, 5) is 11.3. The van der Waals surface area contributed by atoms with Crippen molar-refractivity contribution in [1.82, 2.24) is 10.9 Å². The summed E-state index contributed by atoms with van der Waals surface area (Å²) in [6, 6.07) is 0. The van der Waals surface area contributed by atoms with Crippen molar-refractivity contribution in [2.24, 2.45) is 0 Å². The number of hydrogen-bond donors (Lipinski definition) is 3. The molecule has 0 aliphatic carbocycles. The minimum absolute atomic E-state index is 0.176. The highest BCUT2D eigenvalue weighted by molar-refractivity contribution is 5.69. The van der Waals surface area contributed by atoms with Gasteiger partial charge in [-0.05, 0) is 34.1 Å². The van der Waals surface area contributed by atoms with Crippen LogP contribution >= 0.6 is 0 Å². The highest BCUT2D eigenvalue weighted by Crippen LogP contribution is 2.08. The summed E-state index contributed by atoms with van der Waals surface area (Å²) in [5.41, 5.74) is 5.36. The molecule has 0 aromatic carbocycles. The fourth-order valence-corrected chi connectivity index (χ4v) is 1.02. The first-order chi connectivity index (χ1) is 7.31. The minimum Gasteiger partial charge on any atom is -0.460 e. The number of esters is 1. The third-order valence-electron chi connectivity index (χ3n) is 1.63. The zero-order valence-electron chi connectivity index (χ0n) is 10.7. The quantitative estimate of drug-likeness (QED) is 0.340. The van der Waals surface area contributed by atoms with Crippen molar-refractivity contribution < 1.29 is 14.6 Å². The van der Waals surface area contributed by atoms with Crippen molar-refractivity contribution in [1.29, 1.82) is 0 Å². The van der Waals surface area contributed by atoms with E-state index in [1.54, 1.807) is 6.92 Å². The van der Waals surface area contributed by atoms with Crippen molar-refractivity contribution in [3.05, 3.63) is 0 Å². The Bertz CT molecular complexity index is 200. The number of hydrazine groups is 1. The lowest BCUT2D eigenvalue weighted by Crippen LogP contribution is -2.37. The maximum Gasteiger partial charge on any atom is 0.306 e. The van der Waals surface area contributed by atoms with Crippen LogP contribution in [0.15, 0.2) is 0 Å². The summed E-state index contributed by atoms with van der Waals surface area (Å²) in [5, 5.41) is 8.95. The smallest absolute Gasteiger partial charge is 0.306 e. The van der Waals surface area contributed by atoms with Crippen LogP contribution < -0.4 is 10.9 Å². The molecule has 0 heterocycles. The Balaban J connectivity index is 3.35. The second-order valence-electron chi connectivity index (χ2n) is 4.85. The second-order valence-corrected chi connectivity index (χ2v) is 4.85. The highest BCUT2D eigenvalue weighted by atomic mass is 16.6. The fraction of sp³-hybridized carbons (Fsp3) is 0.909. The van der Waals surface area contributed by atoms with E-state index in [9.17, 15) is 4.79 Å². The van der Waals surface area contributed by atoms with Crippen molar-refractivity contribution in [2.75, 3.05) is 13.1 Å². The first kappa shape index (κ1) is 15.3. The number of rotatable bonds is 7. The molecule has 0 aromatic heterocycles. The van der Waals surface area contributed by atoms with Gasteiger partial charge < -0.3 is 9.84 Å². The second kappa shape index (κ2) is 7.60. The van der Waals surface area contributed by atoms with E-state index >= 15 is 0 Å². The van der Waals surface area contributed by atoms with Crippen LogP contribution in [0, 0.1) is 0 Å². The van der Waals surface area contributed by atoms with Crippen LogP contribution in [-0.4, -0.2) is 35.9 Å². The van der Waals surface area contributed by atoms with E-state index in [1.807, 2.05) is 20.8 Å². The van der Waals surface area contributed by atoms with Crippen LogP contribution in [-0.2, 0) is 9.53 Å². The van der Waals surface area contributed by atoms with Gasteiger partial charge in [-0.3, -0.25) is 15.6 Å². The molecule has 16 heavy (non-hydrogen) atoms. The van der Waals surface area contributed by atoms with E-state index in [4.69, 9.17) is 9.84 Å². The van der Waals surface area contributed by atoms with Gasteiger partial charge in [0.15, 0.2) is 0 Å². The first-order valence-corrected chi connectivity index (χ1v) is 5.67. The molecule has 0 saturated heterocycles. The molecule has 0 rings (SSSR count). The molecular weight excluding hydrogens is 208 g/mol. The van der Waals surface area contributed by atoms with E-state index in [2.05, 4.69) is 10.9 Å². The number of nitrogens with one attached hydrogen (secondary N) is 2. The summed E-state index contributed by atoms with van der Waals surface area (Å²) in [7, 11) is 0. The molecule has 0 bridgehead atoms. The monoisotopic (exact) mass is 232 g/mol. The molecule has 0 unspecified atom stereocenters. The molecule has 0 saturated carbocycles. The van der Waals surface area contributed by atoms with Crippen LogP contribution in [0.2, 0.25) is 0 Å². The average molecular weight is 232 g/mol. The Kier molecular flexibility index (Phi) is 7.29. The Morgan fingerprint density at radius 2 is 2.00 bits per heavy atom. The Labute approximate surface area is 97.5 Å². The number of ether oxygens (including phenoxy) is 1. The van der Waals surface area contributed by atoms with Gasteiger partial charge in [-0.25, -0.2) is 0 Å². The molecule has 96 valence electrons. The third-order valence-corrected chi connectivity index (χ3v) is 1.63. The van der Waals surface area contributed by atoms with Crippen LogP contribution in [0.5, 0.6) is 0 Å². The summed E-state index contributed by atoms with van der Waals surface area (Å²) >= 11 is 0. The number of hydrogen-bond acceptors (Lipinski definition) is 5. The number of aliphatic hydroxyl groups is 1. The Morgan fingerprint density at radius 1 is 1.38 bits per heavy atom. The molecule has 0 amide bonds. The number of carbonyl (C=O) groups is 1. The zero-order chi connectivity index (χ0) is 12.6. The van der Waals surface area contributed by atoms with Crippen LogP contribution in [0.3, 0.4) is 0 Å². The van der Waals surface area contributed by atoms with E-state index in [-0.39, 0.29) is 12.1 Å². The first-order valence-electron chi connectivity index (χ1n) is 5.67. The molecule has 0 spiro atoms. The van der Waals surface area contributed by atoms with Gasteiger partial charge in [0.25, 0.3) is 0 Å². The SMILES string of the molecule is C[C@H](O)CNNCCCC(=O)OC(C)(C)C. The maximum atomic E-state index is 11.3. The van der Waals surface area contributed by atoms with Crippen molar-refractivity contribution in [3.63, 3.8) is 0 Å². The van der Waals surface area contributed by atoms with E-state index < -0.39 is 5.60 Å². The van der Waals surface area contributed by atoms with Gasteiger partial charge in [0.1, 0.15) is 5.60 Å². The Hall–Kier alpha value is -0.650. The maximum absolute atomic E-state index is 11.3. The molecule has 5 heteroatoms. The standard InChI is InChI=1S/C11H24N2O3/c1-9(14)8-13-12-7-5-6-10(15)16-11(2,3)4/h9,12-14H,5-8H2,1-4H3/t9-/m0/s1. The van der Waals surface area contributed by atoms with Crippen LogP contribution in [0.25, 0.3) is 0 Å². The molecule has 5 nitrogen and oxygen atoms in total. The zero-order valence-corrected chi connectivity index (χ0v) is 10.7. The topological polar surface area (TPSA) is 70.6 Å². The van der Waals surface area contributed by atoms with E-state index in [1.165, 1.54) is 0 Å².